The van der Waals surface area contributed by atoms with Crippen LogP contribution in [0.2, 0.25) is 0 Å². The maximum atomic E-state index is 11.7. The Labute approximate surface area is 190 Å². The van der Waals surface area contributed by atoms with Crippen LogP contribution >= 0.6 is 0 Å². The number of unbranched alkanes of at least 4 members (excludes halogenated alkanes) is 1. The number of carboxylic acid groups (broad SMARTS) is 1. The van der Waals surface area contributed by atoms with E-state index in [1.165, 1.54) is 12.0 Å². The zero-order chi connectivity index (χ0) is 22.8. The zero-order valence-electron chi connectivity index (χ0n) is 19.2. The van der Waals surface area contributed by atoms with Crippen molar-refractivity contribution in [2.45, 2.75) is 44.6 Å². The summed E-state index contributed by atoms with van der Waals surface area (Å²) in [5.41, 5.74) is 2.45. The lowest BCUT2D eigenvalue weighted by Gasteiger charge is -2.24. The van der Waals surface area contributed by atoms with E-state index in [9.17, 15) is 9.90 Å². The van der Waals surface area contributed by atoms with Gasteiger partial charge in [-0.05, 0) is 56.7 Å². The molecule has 0 aromatic carbocycles. The highest BCUT2D eigenvalue weighted by atomic mass is 16.5. The van der Waals surface area contributed by atoms with E-state index < -0.39 is 12.0 Å². The summed E-state index contributed by atoms with van der Waals surface area (Å²) < 4.78 is 6.90. The van der Waals surface area contributed by atoms with Crippen molar-refractivity contribution in [1.82, 2.24) is 19.7 Å². The molecule has 1 aliphatic rings. The topological polar surface area (TPSA) is 105 Å². The number of methoxy groups -OCH3 is 1. The van der Waals surface area contributed by atoms with E-state index in [0.29, 0.717) is 25.4 Å². The minimum Gasteiger partial charge on any atom is -0.480 e. The van der Waals surface area contributed by atoms with Gasteiger partial charge in [0.1, 0.15) is 17.7 Å². The Morgan fingerprint density at radius 2 is 2.19 bits per heavy atom. The minimum atomic E-state index is -0.856. The fourth-order valence-electron chi connectivity index (χ4n) is 3.97. The molecule has 1 aliphatic heterocycles. The number of aromatic nitrogens is 3. The van der Waals surface area contributed by atoms with Crippen molar-refractivity contribution in [3.63, 3.8) is 0 Å². The Balaban J connectivity index is 1.45. The molecule has 3 heterocycles. The van der Waals surface area contributed by atoms with Gasteiger partial charge in [-0.1, -0.05) is 6.07 Å². The number of rotatable bonds is 14. The molecule has 1 atom stereocenters. The first-order chi connectivity index (χ1) is 15.6. The molecule has 0 amide bonds. The van der Waals surface area contributed by atoms with Crippen LogP contribution in [0.25, 0.3) is 0 Å². The summed E-state index contributed by atoms with van der Waals surface area (Å²) in [4.78, 5) is 18.8. The van der Waals surface area contributed by atoms with E-state index in [-0.39, 0.29) is 0 Å². The standard InChI is InChI=1S/C23H36N6O3/c1-28-21(10-13-25-28)27-20(23(30)31)11-15-29(16-17-32-2)14-4-3-7-19-9-8-18-6-5-12-24-22(18)26-19/h8-10,13,20,27H,3-7,11-12,14-17H2,1-2H3,(H,24,26)(H,30,31). The third-order valence-corrected chi connectivity index (χ3v) is 5.90. The molecule has 0 spiro atoms. The van der Waals surface area contributed by atoms with Crippen molar-refractivity contribution < 1.29 is 14.6 Å². The molecule has 0 aliphatic carbocycles. The molecular formula is C23H36N6O3. The average molecular weight is 445 g/mol. The number of nitrogens with one attached hydrogen (secondary N) is 2. The summed E-state index contributed by atoms with van der Waals surface area (Å²) in [6.45, 7) is 4.02. The number of aryl methyl sites for hydroxylation is 3. The molecule has 176 valence electrons. The van der Waals surface area contributed by atoms with Crippen molar-refractivity contribution >= 4 is 17.6 Å². The van der Waals surface area contributed by atoms with Gasteiger partial charge in [0, 0.05) is 45.6 Å². The van der Waals surface area contributed by atoms with E-state index in [2.05, 4.69) is 32.8 Å². The smallest absolute Gasteiger partial charge is 0.326 e. The molecule has 0 radical (unpaired) electrons. The SMILES string of the molecule is COCCN(CCCCc1ccc2c(n1)NCCC2)CCC(Nc1ccnn1C)C(=O)O. The number of hydrogen-bond donors (Lipinski definition) is 3. The molecule has 2 aromatic heterocycles. The first-order valence-corrected chi connectivity index (χ1v) is 11.5. The van der Waals surface area contributed by atoms with Crippen LogP contribution in [-0.2, 0) is 29.4 Å². The van der Waals surface area contributed by atoms with E-state index >= 15 is 0 Å². The van der Waals surface area contributed by atoms with Crippen LogP contribution in [-0.4, -0.2) is 76.7 Å². The maximum Gasteiger partial charge on any atom is 0.326 e. The van der Waals surface area contributed by atoms with Crippen LogP contribution in [0.5, 0.6) is 0 Å². The number of pyridine rings is 1. The third-order valence-electron chi connectivity index (χ3n) is 5.90. The van der Waals surface area contributed by atoms with Crippen LogP contribution in [0.4, 0.5) is 11.6 Å². The second kappa shape index (κ2) is 12.4. The Morgan fingerprint density at radius 1 is 1.31 bits per heavy atom. The van der Waals surface area contributed by atoms with E-state index in [1.54, 1.807) is 31.1 Å². The average Bonchev–Trinajstić information content (AvgIpc) is 3.20. The molecule has 0 fully saturated rings. The van der Waals surface area contributed by atoms with Crippen molar-refractivity contribution in [2.24, 2.45) is 7.05 Å². The van der Waals surface area contributed by atoms with Gasteiger partial charge >= 0.3 is 5.97 Å². The first kappa shape index (κ1) is 24.0. The fourth-order valence-corrected chi connectivity index (χ4v) is 3.97. The van der Waals surface area contributed by atoms with Gasteiger partial charge in [0.15, 0.2) is 0 Å². The lowest BCUT2D eigenvalue weighted by molar-refractivity contribution is -0.138. The minimum absolute atomic E-state index is 0.502. The number of hydrogen-bond acceptors (Lipinski definition) is 7. The lowest BCUT2D eigenvalue weighted by atomic mass is 10.1. The summed E-state index contributed by atoms with van der Waals surface area (Å²) in [6, 6.07) is 5.47. The Hall–Kier alpha value is -2.65. The van der Waals surface area contributed by atoms with Crippen molar-refractivity contribution in [3.8, 4) is 0 Å². The normalized spacial score (nSPS) is 14.1. The fraction of sp³-hybridized carbons (Fsp3) is 0.609. The molecule has 3 rings (SSSR count). The van der Waals surface area contributed by atoms with Gasteiger partial charge < -0.3 is 25.4 Å². The molecule has 9 nitrogen and oxygen atoms in total. The second-order valence-electron chi connectivity index (χ2n) is 8.30. The van der Waals surface area contributed by atoms with Crippen LogP contribution in [0.3, 0.4) is 0 Å². The number of carboxylic acids is 1. The van der Waals surface area contributed by atoms with E-state index in [4.69, 9.17) is 9.72 Å². The van der Waals surface area contributed by atoms with Gasteiger partial charge in [-0.2, -0.15) is 5.10 Å². The molecule has 32 heavy (non-hydrogen) atoms. The number of aliphatic carboxylic acids is 1. The molecule has 0 bridgehead atoms. The second-order valence-corrected chi connectivity index (χ2v) is 8.30. The van der Waals surface area contributed by atoms with Crippen LogP contribution in [0.15, 0.2) is 24.4 Å². The Morgan fingerprint density at radius 3 is 2.94 bits per heavy atom. The summed E-state index contributed by atoms with van der Waals surface area (Å²) in [6.07, 6.45) is 7.46. The van der Waals surface area contributed by atoms with Gasteiger partial charge in [-0.3, -0.25) is 4.68 Å². The zero-order valence-corrected chi connectivity index (χ0v) is 19.2. The highest BCUT2D eigenvalue weighted by Crippen LogP contribution is 2.20. The molecule has 1 unspecified atom stereocenters. The predicted octanol–water partition coefficient (Wildman–Crippen LogP) is 2.40. The number of ether oxygens (including phenoxy) is 1. The van der Waals surface area contributed by atoms with Gasteiger partial charge in [0.25, 0.3) is 0 Å². The summed E-state index contributed by atoms with van der Waals surface area (Å²) in [5.74, 6) is 0.897. The molecule has 0 saturated heterocycles. The molecule has 9 heteroatoms. The van der Waals surface area contributed by atoms with Gasteiger partial charge in [0.2, 0.25) is 0 Å². The van der Waals surface area contributed by atoms with Crippen LogP contribution < -0.4 is 10.6 Å². The Kier molecular flexibility index (Phi) is 9.30. The molecule has 0 saturated carbocycles. The third kappa shape index (κ3) is 7.20. The summed E-state index contributed by atoms with van der Waals surface area (Å²) in [7, 11) is 3.48. The van der Waals surface area contributed by atoms with E-state index in [0.717, 1.165) is 56.8 Å². The largest absolute Gasteiger partial charge is 0.480 e. The number of fused-ring (bicyclic) bond motifs is 1. The van der Waals surface area contributed by atoms with E-state index in [1.807, 2.05) is 0 Å². The number of anilines is 2. The van der Waals surface area contributed by atoms with Gasteiger partial charge in [-0.15, -0.1) is 0 Å². The number of carbonyl (C=O) groups is 1. The van der Waals surface area contributed by atoms with Crippen molar-refractivity contribution in [2.75, 3.05) is 50.5 Å². The lowest BCUT2D eigenvalue weighted by Crippen LogP contribution is -2.37. The molecular weight excluding hydrogens is 408 g/mol. The molecule has 3 N–H and O–H groups in total. The highest BCUT2D eigenvalue weighted by Gasteiger charge is 2.20. The maximum absolute atomic E-state index is 11.7. The first-order valence-electron chi connectivity index (χ1n) is 11.5. The van der Waals surface area contributed by atoms with Crippen molar-refractivity contribution in [3.05, 3.63) is 35.7 Å². The van der Waals surface area contributed by atoms with Gasteiger partial charge in [-0.25, -0.2) is 9.78 Å². The Bertz CT molecular complexity index is 856. The summed E-state index contributed by atoms with van der Waals surface area (Å²) >= 11 is 0. The quantitative estimate of drug-likeness (QED) is 0.382. The van der Waals surface area contributed by atoms with Crippen LogP contribution in [0.1, 0.15) is 36.9 Å². The predicted molar refractivity (Wildman–Crippen MR) is 125 cm³/mol. The highest BCUT2D eigenvalue weighted by molar-refractivity contribution is 5.76. The number of nitrogens with zero attached hydrogens (tertiary/aromatic N) is 4. The van der Waals surface area contributed by atoms with Crippen molar-refractivity contribution in [1.29, 1.82) is 0 Å². The monoisotopic (exact) mass is 444 g/mol. The molecule has 2 aromatic rings. The summed E-state index contributed by atoms with van der Waals surface area (Å²) in [5, 5.41) is 20.2. The van der Waals surface area contributed by atoms with Crippen LogP contribution in [0, 0.1) is 0 Å². The van der Waals surface area contributed by atoms with Gasteiger partial charge in [0.05, 0.1) is 12.8 Å².